The summed E-state index contributed by atoms with van der Waals surface area (Å²) in [4.78, 5) is 12.4. The zero-order valence-electron chi connectivity index (χ0n) is 17.3. The lowest BCUT2D eigenvalue weighted by molar-refractivity contribution is -0.262. The van der Waals surface area contributed by atoms with Crippen molar-refractivity contribution in [1.29, 1.82) is 0 Å². The van der Waals surface area contributed by atoms with Crippen LogP contribution >= 0.6 is 0 Å². The Morgan fingerprint density at radius 3 is 1.55 bits per heavy atom. The molecule has 3 aromatic rings. The molecule has 1 unspecified atom stereocenters. The van der Waals surface area contributed by atoms with Crippen molar-refractivity contribution >= 4 is 5.91 Å². The van der Waals surface area contributed by atoms with Crippen LogP contribution < -0.4 is 11.1 Å². The number of halogens is 3. The van der Waals surface area contributed by atoms with Gasteiger partial charge in [0.2, 0.25) is 5.91 Å². The third kappa shape index (κ3) is 5.51. The highest BCUT2D eigenvalue weighted by molar-refractivity contribution is 5.89. The highest BCUT2D eigenvalue weighted by Crippen LogP contribution is 2.43. The first kappa shape index (κ1) is 24.1. The molecule has 3 N–H and O–H groups in total. The molecule has 1 amide bonds. The van der Waals surface area contributed by atoms with Crippen LogP contribution in [-0.2, 0) is 9.53 Å². The normalized spacial score (nSPS) is 13.0. The molecule has 7 heteroatoms. The largest absolute Gasteiger partial charge is 0.383 e. The van der Waals surface area contributed by atoms with Gasteiger partial charge in [0.15, 0.2) is 5.54 Å². The second kappa shape index (κ2) is 10.7. The number of hydrogen-bond donors (Lipinski definition) is 2. The van der Waals surface area contributed by atoms with Crippen LogP contribution in [0.25, 0.3) is 0 Å². The van der Waals surface area contributed by atoms with Gasteiger partial charge in [-0.1, -0.05) is 78.9 Å². The molecule has 31 heavy (non-hydrogen) atoms. The van der Waals surface area contributed by atoms with Crippen LogP contribution in [0.2, 0.25) is 0 Å². The van der Waals surface area contributed by atoms with Crippen molar-refractivity contribution in [3.63, 3.8) is 0 Å². The number of ether oxygens (including phenoxy) is 1. The van der Waals surface area contributed by atoms with E-state index in [2.05, 4.69) is 10.1 Å². The van der Waals surface area contributed by atoms with Crippen LogP contribution in [0.5, 0.6) is 0 Å². The zero-order valence-corrected chi connectivity index (χ0v) is 17.3. The van der Waals surface area contributed by atoms with Crippen molar-refractivity contribution in [2.75, 3.05) is 14.2 Å². The smallest absolute Gasteiger partial charge is 0.357 e. The fraction of sp³-hybridized carbons (Fsp3) is 0.208. The quantitative estimate of drug-likeness (QED) is 0.612. The van der Waals surface area contributed by atoms with E-state index in [9.17, 15) is 18.0 Å². The third-order valence-electron chi connectivity index (χ3n) is 4.80. The SMILES string of the molecule is CNC(=O)C(N)(C(c1ccccc1)c1ccccc1)C(F)(F)OC.Fc1ccccc1. The van der Waals surface area contributed by atoms with Gasteiger partial charge >= 0.3 is 6.11 Å². The number of likely N-dealkylation sites (N-methyl/N-ethyl adjacent to an activating group) is 1. The number of rotatable bonds is 6. The predicted octanol–water partition coefficient (Wildman–Crippen LogP) is 4.33. The number of alkyl halides is 2. The minimum atomic E-state index is -3.89. The second-order valence-electron chi connectivity index (χ2n) is 6.72. The highest BCUT2D eigenvalue weighted by atomic mass is 19.3. The molecule has 0 saturated carbocycles. The van der Waals surface area contributed by atoms with Crippen LogP contribution in [0.3, 0.4) is 0 Å². The molecule has 0 aromatic heterocycles. The standard InChI is InChI=1S/C18H20F2N2O2.C6H5F/c1-22-16(23)17(21,18(19,20)24-2)15(13-9-5-3-6-10-13)14-11-7-4-8-12-14;7-6-4-2-1-3-5-6/h3-12,15H,21H2,1-2H3,(H,22,23);1-5H. The number of carbonyl (C=O) groups excluding carboxylic acids is 1. The number of nitrogens with two attached hydrogens (primary N) is 1. The summed E-state index contributed by atoms with van der Waals surface area (Å²) in [6.45, 7) is 0. The summed E-state index contributed by atoms with van der Waals surface area (Å²) in [6.07, 6.45) is -3.89. The van der Waals surface area contributed by atoms with E-state index in [1.807, 2.05) is 0 Å². The fourth-order valence-electron chi connectivity index (χ4n) is 3.23. The minimum absolute atomic E-state index is 0.178. The topological polar surface area (TPSA) is 64.4 Å². The van der Waals surface area contributed by atoms with Crippen LogP contribution in [0.4, 0.5) is 13.2 Å². The van der Waals surface area contributed by atoms with Crippen molar-refractivity contribution in [2.24, 2.45) is 5.73 Å². The average molecular weight is 430 g/mol. The number of amides is 1. The van der Waals surface area contributed by atoms with E-state index in [4.69, 9.17) is 5.73 Å². The maximum Gasteiger partial charge on any atom is 0.383 e. The summed E-state index contributed by atoms with van der Waals surface area (Å²) in [6, 6.07) is 24.9. The van der Waals surface area contributed by atoms with E-state index in [-0.39, 0.29) is 5.82 Å². The van der Waals surface area contributed by atoms with Gasteiger partial charge < -0.3 is 15.8 Å². The molecule has 0 aliphatic rings. The van der Waals surface area contributed by atoms with Crippen molar-refractivity contribution < 1.29 is 22.7 Å². The summed E-state index contributed by atoms with van der Waals surface area (Å²) < 4.78 is 45.5. The maximum absolute atomic E-state index is 14.7. The first-order chi connectivity index (χ1) is 14.8. The zero-order chi connectivity index (χ0) is 22.9. The Labute approximate surface area is 179 Å². The number of benzene rings is 3. The van der Waals surface area contributed by atoms with Gasteiger partial charge in [0, 0.05) is 20.1 Å². The van der Waals surface area contributed by atoms with Crippen LogP contribution in [-0.4, -0.2) is 31.7 Å². The van der Waals surface area contributed by atoms with Gasteiger partial charge in [0.05, 0.1) is 0 Å². The molecule has 0 saturated heterocycles. The molecule has 0 aliphatic heterocycles. The first-order valence-electron chi connectivity index (χ1n) is 9.52. The Kier molecular flexibility index (Phi) is 8.36. The van der Waals surface area contributed by atoms with E-state index in [0.717, 1.165) is 7.11 Å². The van der Waals surface area contributed by atoms with Crippen molar-refractivity contribution in [2.45, 2.75) is 17.6 Å². The van der Waals surface area contributed by atoms with Gasteiger partial charge in [-0.05, 0) is 23.3 Å². The summed E-state index contributed by atoms with van der Waals surface area (Å²) in [5.41, 5.74) is 4.42. The Bertz CT molecular complexity index is 901. The lowest BCUT2D eigenvalue weighted by atomic mass is 9.74. The van der Waals surface area contributed by atoms with E-state index in [0.29, 0.717) is 11.1 Å². The summed E-state index contributed by atoms with van der Waals surface area (Å²) in [7, 11) is 2.10. The number of carbonyl (C=O) groups is 1. The molecule has 0 heterocycles. The molecule has 0 fully saturated rings. The van der Waals surface area contributed by atoms with Gasteiger partial charge in [-0.15, -0.1) is 0 Å². The summed E-state index contributed by atoms with van der Waals surface area (Å²) in [5.74, 6) is -2.29. The average Bonchev–Trinajstić information content (AvgIpc) is 2.80. The Balaban J connectivity index is 0.000000412. The number of methoxy groups -OCH3 is 1. The Hall–Kier alpha value is -3.16. The molecule has 0 spiro atoms. The molecular formula is C24H25F3N2O2. The Morgan fingerprint density at radius 1 is 0.871 bits per heavy atom. The van der Waals surface area contributed by atoms with E-state index < -0.39 is 23.5 Å². The molecule has 0 aliphatic carbocycles. The van der Waals surface area contributed by atoms with E-state index >= 15 is 0 Å². The minimum Gasteiger partial charge on any atom is -0.357 e. The van der Waals surface area contributed by atoms with Crippen LogP contribution in [0.1, 0.15) is 17.0 Å². The van der Waals surface area contributed by atoms with Gasteiger partial charge in [-0.3, -0.25) is 4.79 Å². The molecule has 4 nitrogen and oxygen atoms in total. The molecule has 3 rings (SSSR count). The number of nitrogens with one attached hydrogen (secondary N) is 1. The van der Waals surface area contributed by atoms with E-state index in [1.54, 1.807) is 78.9 Å². The van der Waals surface area contributed by atoms with Crippen LogP contribution in [0, 0.1) is 5.82 Å². The van der Waals surface area contributed by atoms with Crippen molar-refractivity contribution in [3.8, 4) is 0 Å². The molecule has 0 bridgehead atoms. The fourth-order valence-corrected chi connectivity index (χ4v) is 3.23. The molecule has 0 radical (unpaired) electrons. The summed E-state index contributed by atoms with van der Waals surface area (Å²) >= 11 is 0. The van der Waals surface area contributed by atoms with Gasteiger partial charge in [-0.25, -0.2) is 4.39 Å². The molecular weight excluding hydrogens is 405 g/mol. The highest BCUT2D eigenvalue weighted by Gasteiger charge is 2.62. The van der Waals surface area contributed by atoms with Gasteiger partial charge in [-0.2, -0.15) is 8.78 Å². The van der Waals surface area contributed by atoms with Crippen molar-refractivity contribution in [1.82, 2.24) is 5.32 Å². The molecule has 3 aromatic carbocycles. The second-order valence-corrected chi connectivity index (χ2v) is 6.72. The lowest BCUT2D eigenvalue weighted by Crippen LogP contribution is -2.68. The summed E-state index contributed by atoms with van der Waals surface area (Å²) in [5, 5.41) is 2.24. The molecule has 164 valence electrons. The predicted molar refractivity (Wildman–Crippen MR) is 114 cm³/mol. The maximum atomic E-state index is 14.7. The first-order valence-corrected chi connectivity index (χ1v) is 9.52. The van der Waals surface area contributed by atoms with Gasteiger partial charge in [0.1, 0.15) is 5.82 Å². The van der Waals surface area contributed by atoms with Crippen molar-refractivity contribution in [3.05, 3.63) is 108 Å². The van der Waals surface area contributed by atoms with E-state index in [1.165, 1.54) is 19.2 Å². The lowest BCUT2D eigenvalue weighted by Gasteiger charge is -2.40. The Morgan fingerprint density at radius 2 is 1.26 bits per heavy atom. The van der Waals surface area contributed by atoms with Gasteiger partial charge in [0.25, 0.3) is 0 Å². The molecule has 1 atom stereocenters. The number of hydrogen-bond acceptors (Lipinski definition) is 3. The monoisotopic (exact) mass is 430 g/mol. The van der Waals surface area contributed by atoms with Crippen LogP contribution in [0.15, 0.2) is 91.0 Å². The third-order valence-corrected chi connectivity index (χ3v) is 4.80.